The smallest absolute Gasteiger partial charge is 0.320 e. The van der Waals surface area contributed by atoms with Crippen LogP contribution in [0.15, 0.2) is 28.8 Å². The minimum atomic E-state index is -0.296. The maximum absolute atomic E-state index is 12.0. The van der Waals surface area contributed by atoms with Crippen LogP contribution in [0, 0.1) is 6.92 Å². The summed E-state index contributed by atoms with van der Waals surface area (Å²) in [4.78, 5) is 12.0. The average molecular weight is 331 g/mol. The molecule has 7 heteroatoms. The fourth-order valence-corrected chi connectivity index (χ4v) is 2.72. The summed E-state index contributed by atoms with van der Waals surface area (Å²) in [7, 11) is 3.23. The number of carbonyl (C=O) groups is 1. The molecule has 2 amide bonds. The zero-order valence-electron chi connectivity index (χ0n) is 14.0. The molecule has 2 aromatic rings. The molecule has 0 aliphatic heterocycles. The number of ether oxygens (including phenoxy) is 2. The van der Waals surface area contributed by atoms with Crippen LogP contribution in [-0.4, -0.2) is 32.0 Å². The molecular formula is C17H21N3O4. The van der Waals surface area contributed by atoms with Gasteiger partial charge in [0.15, 0.2) is 17.3 Å². The number of anilines is 1. The normalized spacial score (nSPS) is 14.8. The number of benzene rings is 1. The lowest BCUT2D eigenvalue weighted by atomic mass is 9.95. The Morgan fingerprint density at radius 1 is 1.25 bits per heavy atom. The van der Waals surface area contributed by atoms with Gasteiger partial charge in [0.1, 0.15) is 5.76 Å². The van der Waals surface area contributed by atoms with E-state index in [0.29, 0.717) is 29.6 Å². The van der Waals surface area contributed by atoms with Crippen molar-refractivity contribution in [2.45, 2.75) is 25.2 Å². The van der Waals surface area contributed by atoms with Gasteiger partial charge in [0, 0.05) is 18.0 Å². The third-order valence-corrected chi connectivity index (χ3v) is 4.31. The number of methoxy groups -OCH3 is 2. The quantitative estimate of drug-likeness (QED) is 0.850. The average Bonchev–Trinajstić information content (AvgIpc) is 3.28. The van der Waals surface area contributed by atoms with Gasteiger partial charge in [0.05, 0.1) is 14.2 Å². The first kappa shape index (κ1) is 16.2. The molecule has 1 aliphatic carbocycles. The van der Waals surface area contributed by atoms with Gasteiger partial charge in [0.25, 0.3) is 0 Å². The summed E-state index contributed by atoms with van der Waals surface area (Å²) in [5.41, 5.74) is 1.09. The number of hydrogen-bond donors (Lipinski definition) is 2. The van der Waals surface area contributed by atoms with Crippen molar-refractivity contribution in [1.82, 2.24) is 10.5 Å². The third-order valence-electron chi connectivity index (χ3n) is 4.31. The van der Waals surface area contributed by atoms with E-state index in [9.17, 15) is 4.79 Å². The zero-order chi connectivity index (χ0) is 17.2. The third kappa shape index (κ3) is 3.29. The standard InChI is InChI=1S/C17H21N3O4/c1-11-8-15(20-24-11)19-16(21)18-10-17(6-7-17)12-4-5-13(22-2)14(9-12)23-3/h4-5,8-9H,6-7,10H2,1-3H3,(H2,18,19,20,21). The van der Waals surface area contributed by atoms with Crippen LogP contribution >= 0.6 is 0 Å². The Bertz CT molecular complexity index is 737. The van der Waals surface area contributed by atoms with Crippen molar-refractivity contribution in [3.63, 3.8) is 0 Å². The molecule has 1 fully saturated rings. The number of rotatable bonds is 6. The zero-order valence-corrected chi connectivity index (χ0v) is 14.0. The van der Waals surface area contributed by atoms with Crippen molar-refractivity contribution in [2.24, 2.45) is 0 Å². The first-order valence-electron chi connectivity index (χ1n) is 7.77. The largest absolute Gasteiger partial charge is 0.493 e. The van der Waals surface area contributed by atoms with E-state index in [-0.39, 0.29) is 11.4 Å². The van der Waals surface area contributed by atoms with Gasteiger partial charge in [-0.3, -0.25) is 5.32 Å². The van der Waals surface area contributed by atoms with Crippen LogP contribution in [0.3, 0.4) is 0 Å². The molecule has 128 valence electrons. The molecule has 0 radical (unpaired) electrons. The van der Waals surface area contributed by atoms with E-state index in [1.165, 1.54) is 0 Å². The van der Waals surface area contributed by atoms with Gasteiger partial charge in [-0.1, -0.05) is 11.2 Å². The van der Waals surface area contributed by atoms with Gasteiger partial charge in [-0.15, -0.1) is 0 Å². The highest BCUT2D eigenvalue weighted by molar-refractivity contribution is 5.88. The van der Waals surface area contributed by atoms with Gasteiger partial charge in [-0.2, -0.15) is 0 Å². The molecule has 1 saturated carbocycles. The Labute approximate surface area is 140 Å². The van der Waals surface area contributed by atoms with Crippen LogP contribution < -0.4 is 20.1 Å². The fraction of sp³-hybridized carbons (Fsp3) is 0.412. The van der Waals surface area contributed by atoms with E-state index in [2.05, 4.69) is 15.8 Å². The predicted molar refractivity (Wildman–Crippen MR) is 88.7 cm³/mol. The second kappa shape index (κ2) is 6.43. The molecule has 3 rings (SSSR count). The summed E-state index contributed by atoms with van der Waals surface area (Å²) >= 11 is 0. The molecule has 0 spiro atoms. The molecule has 0 saturated heterocycles. The Morgan fingerprint density at radius 2 is 2.00 bits per heavy atom. The van der Waals surface area contributed by atoms with Crippen LogP contribution in [0.4, 0.5) is 10.6 Å². The molecule has 1 aromatic carbocycles. The van der Waals surface area contributed by atoms with E-state index < -0.39 is 0 Å². The lowest BCUT2D eigenvalue weighted by Crippen LogP contribution is -2.35. The van der Waals surface area contributed by atoms with Crippen molar-refractivity contribution in [3.8, 4) is 11.5 Å². The summed E-state index contributed by atoms with van der Waals surface area (Å²) < 4.78 is 15.6. The lowest BCUT2D eigenvalue weighted by molar-refractivity contribution is 0.251. The second-order valence-electron chi connectivity index (χ2n) is 5.98. The maximum atomic E-state index is 12.0. The van der Waals surface area contributed by atoms with Gasteiger partial charge < -0.3 is 19.3 Å². The van der Waals surface area contributed by atoms with E-state index in [4.69, 9.17) is 14.0 Å². The molecule has 0 bridgehead atoms. The minimum absolute atomic E-state index is 0.0450. The predicted octanol–water partition coefficient (Wildman–Crippen LogP) is 2.85. The summed E-state index contributed by atoms with van der Waals surface area (Å²) in [6.07, 6.45) is 2.04. The maximum Gasteiger partial charge on any atom is 0.320 e. The number of carbonyl (C=O) groups excluding carboxylic acids is 1. The van der Waals surface area contributed by atoms with Gasteiger partial charge in [0.2, 0.25) is 0 Å². The van der Waals surface area contributed by atoms with Crippen LogP contribution in [0.2, 0.25) is 0 Å². The molecule has 2 N–H and O–H groups in total. The number of aryl methyl sites for hydroxylation is 1. The number of amides is 2. The van der Waals surface area contributed by atoms with Crippen LogP contribution in [0.25, 0.3) is 0 Å². The minimum Gasteiger partial charge on any atom is -0.493 e. The molecule has 1 aliphatic rings. The topological polar surface area (TPSA) is 85.6 Å². The van der Waals surface area contributed by atoms with Gasteiger partial charge in [-0.25, -0.2) is 4.79 Å². The highest BCUT2D eigenvalue weighted by atomic mass is 16.5. The Morgan fingerprint density at radius 3 is 2.58 bits per heavy atom. The number of hydrogen-bond acceptors (Lipinski definition) is 5. The summed E-state index contributed by atoms with van der Waals surface area (Å²) in [5, 5.41) is 9.30. The second-order valence-corrected chi connectivity index (χ2v) is 5.98. The number of nitrogens with zero attached hydrogens (tertiary/aromatic N) is 1. The Balaban J connectivity index is 1.63. The first-order valence-corrected chi connectivity index (χ1v) is 7.77. The SMILES string of the molecule is COc1ccc(C2(CNC(=O)Nc3cc(C)on3)CC2)cc1OC. The van der Waals surface area contributed by atoms with Crippen LogP contribution in [0.5, 0.6) is 11.5 Å². The van der Waals surface area contributed by atoms with Crippen molar-refractivity contribution in [2.75, 3.05) is 26.1 Å². The van der Waals surface area contributed by atoms with E-state index in [1.54, 1.807) is 27.2 Å². The van der Waals surface area contributed by atoms with E-state index in [0.717, 1.165) is 18.4 Å². The molecule has 1 aromatic heterocycles. The monoisotopic (exact) mass is 331 g/mol. The van der Waals surface area contributed by atoms with Crippen molar-refractivity contribution in [3.05, 3.63) is 35.6 Å². The highest BCUT2D eigenvalue weighted by Gasteiger charge is 2.44. The Hall–Kier alpha value is -2.70. The number of aromatic nitrogens is 1. The fourth-order valence-electron chi connectivity index (χ4n) is 2.72. The number of nitrogens with one attached hydrogen (secondary N) is 2. The molecule has 0 unspecified atom stereocenters. The summed E-state index contributed by atoms with van der Waals surface area (Å²) in [5.74, 6) is 2.45. The molecule has 1 heterocycles. The Kier molecular flexibility index (Phi) is 4.33. The van der Waals surface area contributed by atoms with E-state index >= 15 is 0 Å². The summed E-state index contributed by atoms with van der Waals surface area (Å²) in [6, 6.07) is 7.27. The van der Waals surface area contributed by atoms with Crippen molar-refractivity contribution in [1.29, 1.82) is 0 Å². The number of urea groups is 1. The molecule has 24 heavy (non-hydrogen) atoms. The van der Waals surface area contributed by atoms with Crippen molar-refractivity contribution >= 4 is 11.8 Å². The van der Waals surface area contributed by atoms with E-state index in [1.807, 2.05) is 18.2 Å². The summed E-state index contributed by atoms with van der Waals surface area (Å²) in [6.45, 7) is 2.32. The molecular weight excluding hydrogens is 310 g/mol. The van der Waals surface area contributed by atoms with Crippen LogP contribution in [0.1, 0.15) is 24.2 Å². The highest BCUT2D eigenvalue weighted by Crippen LogP contribution is 2.49. The molecule has 0 atom stereocenters. The molecule has 7 nitrogen and oxygen atoms in total. The van der Waals surface area contributed by atoms with Gasteiger partial charge >= 0.3 is 6.03 Å². The first-order chi connectivity index (χ1) is 11.6. The van der Waals surface area contributed by atoms with Crippen molar-refractivity contribution < 1.29 is 18.8 Å². The van der Waals surface area contributed by atoms with Crippen LogP contribution in [-0.2, 0) is 5.41 Å². The lowest BCUT2D eigenvalue weighted by Gasteiger charge is -2.18. The van der Waals surface area contributed by atoms with Gasteiger partial charge in [-0.05, 0) is 37.5 Å².